The smallest absolute Gasteiger partial charge is 0.292 e. The first kappa shape index (κ1) is 14.3. The number of amides is 1. The third kappa shape index (κ3) is 3.27. The van der Waals surface area contributed by atoms with E-state index in [0.717, 1.165) is 6.07 Å². The van der Waals surface area contributed by atoms with Crippen molar-refractivity contribution >= 4 is 23.0 Å². The number of hydrogen-bond acceptors (Lipinski definition) is 5. The van der Waals surface area contributed by atoms with Gasteiger partial charge in [0.1, 0.15) is 11.4 Å². The maximum Gasteiger partial charge on any atom is 0.292 e. The molecule has 0 unspecified atom stereocenters. The molecule has 1 amide bonds. The Bertz CT molecular complexity index is 683. The van der Waals surface area contributed by atoms with Gasteiger partial charge in [-0.2, -0.15) is 0 Å². The molecule has 7 heteroatoms. The van der Waals surface area contributed by atoms with Crippen LogP contribution >= 0.6 is 0 Å². The van der Waals surface area contributed by atoms with Gasteiger partial charge in [-0.05, 0) is 36.4 Å². The van der Waals surface area contributed by atoms with Crippen LogP contribution in [0.3, 0.4) is 0 Å². The summed E-state index contributed by atoms with van der Waals surface area (Å²) in [6, 6.07) is 10.6. The minimum absolute atomic E-state index is 0.0148. The van der Waals surface area contributed by atoms with E-state index in [1.807, 2.05) is 0 Å². The van der Waals surface area contributed by atoms with Gasteiger partial charge in [0.25, 0.3) is 11.6 Å². The van der Waals surface area contributed by atoms with Crippen LogP contribution in [0.25, 0.3) is 0 Å². The molecule has 2 aromatic carbocycles. The van der Waals surface area contributed by atoms with Crippen molar-refractivity contribution in [3.8, 4) is 5.75 Å². The molecule has 0 aliphatic carbocycles. The van der Waals surface area contributed by atoms with Crippen LogP contribution < -0.4 is 15.8 Å². The SMILES string of the molecule is COc1ccc(NC(=O)c2ccc(N)c([N+](=O)[O-])c2)cc1. The van der Waals surface area contributed by atoms with Gasteiger partial charge in [0.15, 0.2) is 0 Å². The number of carbonyl (C=O) groups is 1. The fraction of sp³-hybridized carbons (Fsp3) is 0.0714. The number of nitrogens with two attached hydrogens (primary N) is 1. The lowest BCUT2D eigenvalue weighted by Crippen LogP contribution is -2.12. The van der Waals surface area contributed by atoms with E-state index in [4.69, 9.17) is 10.5 Å². The fourth-order valence-electron chi connectivity index (χ4n) is 1.72. The molecule has 0 atom stereocenters. The first-order chi connectivity index (χ1) is 10.0. The number of rotatable bonds is 4. The van der Waals surface area contributed by atoms with Gasteiger partial charge in [-0.25, -0.2) is 0 Å². The maximum atomic E-state index is 12.0. The van der Waals surface area contributed by atoms with Crippen molar-refractivity contribution in [3.05, 3.63) is 58.1 Å². The monoisotopic (exact) mass is 287 g/mol. The summed E-state index contributed by atoms with van der Waals surface area (Å²) in [6.07, 6.45) is 0. The molecule has 0 heterocycles. The lowest BCUT2D eigenvalue weighted by Gasteiger charge is -2.07. The van der Waals surface area contributed by atoms with Crippen LogP contribution in [0.5, 0.6) is 5.75 Å². The highest BCUT2D eigenvalue weighted by molar-refractivity contribution is 6.05. The molecule has 0 aliphatic heterocycles. The van der Waals surface area contributed by atoms with Crippen LogP contribution in [-0.4, -0.2) is 17.9 Å². The Hall–Kier alpha value is -3.09. The van der Waals surface area contributed by atoms with Crippen molar-refractivity contribution in [2.45, 2.75) is 0 Å². The molecular weight excluding hydrogens is 274 g/mol. The molecule has 2 rings (SSSR count). The number of nitrogens with zero attached hydrogens (tertiary/aromatic N) is 1. The minimum Gasteiger partial charge on any atom is -0.497 e. The first-order valence-electron chi connectivity index (χ1n) is 6.00. The van der Waals surface area contributed by atoms with Gasteiger partial charge in [-0.15, -0.1) is 0 Å². The van der Waals surface area contributed by atoms with E-state index in [1.165, 1.54) is 12.1 Å². The number of methoxy groups -OCH3 is 1. The summed E-state index contributed by atoms with van der Waals surface area (Å²) < 4.78 is 5.01. The Morgan fingerprint density at radius 3 is 2.48 bits per heavy atom. The van der Waals surface area contributed by atoms with Gasteiger partial charge in [0.2, 0.25) is 0 Å². The summed E-state index contributed by atoms with van der Waals surface area (Å²) in [5, 5.41) is 13.4. The zero-order valence-electron chi connectivity index (χ0n) is 11.2. The molecule has 21 heavy (non-hydrogen) atoms. The molecule has 0 fully saturated rings. The number of carbonyl (C=O) groups excluding carboxylic acids is 1. The highest BCUT2D eigenvalue weighted by Gasteiger charge is 2.15. The van der Waals surface area contributed by atoms with E-state index in [-0.39, 0.29) is 16.9 Å². The number of anilines is 2. The van der Waals surface area contributed by atoms with E-state index in [9.17, 15) is 14.9 Å². The van der Waals surface area contributed by atoms with Crippen molar-refractivity contribution in [1.82, 2.24) is 0 Å². The average molecular weight is 287 g/mol. The zero-order chi connectivity index (χ0) is 15.4. The maximum absolute atomic E-state index is 12.0. The van der Waals surface area contributed by atoms with Crippen LogP contribution in [0.4, 0.5) is 17.1 Å². The number of nitrogen functional groups attached to an aromatic ring is 1. The highest BCUT2D eigenvalue weighted by Crippen LogP contribution is 2.23. The molecule has 0 bridgehead atoms. The summed E-state index contributed by atoms with van der Waals surface area (Å²) in [6.45, 7) is 0. The van der Waals surface area contributed by atoms with Crippen molar-refractivity contribution < 1.29 is 14.5 Å². The van der Waals surface area contributed by atoms with Gasteiger partial charge in [0, 0.05) is 17.3 Å². The summed E-state index contributed by atoms with van der Waals surface area (Å²) in [5.41, 5.74) is 5.92. The number of benzene rings is 2. The summed E-state index contributed by atoms with van der Waals surface area (Å²) in [7, 11) is 1.54. The number of ether oxygens (including phenoxy) is 1. The van der Waals surface area contributed by atoms with Crippen molar-refractivity contribution in [2.75, 3.05) is 18.2 Å². The lowest BCUT2D eigenvalue weighted by molar-refractivity contribution is -0.383. The van der Waals surface area contributed by atoms with E-state index in [2.05, 4.69) is 5.32 Å². The molecule has 0 spiro atoms. The zero-order valence-corrected chi connectivity index (χ0v) is 11.2. The third-order valence-electron chi connectivity index (χ3n) is 2.84. The van der Waals surface area contributed by atoms with Gasteiger partial charge in [-0.3, -0.25) is 14.9 Å². The predicted octanol–water partition coefficient (Wildman–Crippen LogP) is 2.44. The first-order valence-corrected chi connectivity index (χ1v) is 6.00. The molecule has 3 N–H and O–H groups in total. The molecule has 0 saturated carbocycles. The third-order valence-corrected chi connectivity index (χ3v) is 2.84. The van der Waals surface area contributed by atoms with Crippen molar-refractivity contribution in [3.63, 3.8) is 0 Å². The minimum atomic E-state index is -0.626. The van der Waals surface area contributed by atoms with Crippen LogP contribution in [0, 0.1) is 10.1 Å². The topological polar surface area (TPSA) is 107 Å². The van der Waals surface area contributed by atoms with Gasteiger partial charge >= 0.3 is 0 Å². The number of nitro groups is 1. The molecule has 7 nitrogen and oxygen atoms in total. The van der Waals surface area contributed by atoms with E-state index in [1.54, 1.807) is 31.4 Å². The molecule has 108 valence electrons. The fourth-order valence-corrected chi connectivity index (χ4v) is 1.72. The van der Waals surface area contributed by atoms with Gasteiger partial charge < -0.3 is 15.8 Å². The summed E-state index contributed by atoms with van der Waals surface area (Å²) in [4.78, 5) is 22.2. The second-order valence-electron chi connectivity index (χ2n) is 4.21. The summed E-state index contributed by atoms with van der Waals surface area (Å²) >= 11 is 0. The van der Waals surface area contributed by atoms with Crippen molar-refractivity contribution in [1.29, 1.82) is 0 Å². The van der Waals surface area contributed by atoms with Crippen LogP contribution in [0.2, 0.25) is 0 Å². The van der Waals surface area contributed by atoms with Crippen LogP contribution in [0.15, 0.2) is 42.5 Å². The Kier molecular flexibility index (Phi) is 4.03. The Morgan fingerprint density at radius 1 is 1.24 bits per heavy atom. The molecule has 2 aromatic rings. The Morgan fingerprint density at radius 2 is 1.90 bits per heavy atom. The molecule has 0 saturated heterocycles. The highest BCUT2D eigenvalue weighted by atomic mass is 16.6. The average Bonchev–Trinajstić information content (AvgIpc) is 2.48. The van der Waals surface area contributed by atoms with Crippen molar-refractivity contribution in [2.24, 2.45) is 0 Å². The largest absolute Gasteiger partial charge is 0.497 e. The van der Waals surface area contributed by atoms with E-state index in [0.29, 0.717) is 11.4 Å². The molecular formula is C14H13N3O4. The van der Waals surface area contributed by atoms with E-state index < -0.39 is 10.8 Å². The van der Waals surface area contributed by atoms with E-state index >= 15 is 0 Å². The Labute approximate surface area is 120 Å². The molecule has 0 radical (unpaired) electrons. The normalized spacial score (nSPS) is 9.95. The molecule has 0 aromatic heterocycles. The second kappa shape index (κ2) is 5.91. The summed E-state index contributed by atoms with van der Waals surface area (Å²) in [5.74, 6) is 0.208. The predicted molar refractivity (Wildman–Crippen MR) is 78.5 cm³/mol. The number of nitrogens with one attached hydrogen (secondary N) is 1. The number of hydrogen-bond donors (Lipinski definition) is 2. The lowest BCUT2D eigenvalue weighted by atomic mass is 10.1. The standard InChI is InChI=1S/C14H13N3O4/c1-21-11-5-3-10(4-6-11)16-14(18)9-2-7-12(15)13(8-9)17(19)20/h2-8H,15H2,1H3,(H,16,18). The second-order valence-corrected chi connectivity index (χ2v) is 4.21. The van der Waals surface area contributed by atoms with Gasteiger partial charge in [0.05, 0.1) is 12.0 Å². The van der Waals surface area contributed by atoms with Crippen LogP contribution in [0.1, 0.15) is 10.4 Å². The van der Waals surface area contributed by atoms with Gasteiger partial charge in [-0.1, -0.05) is 0 Å². The quantitative estimate of drug-likeness (QED) is 0.510. The molecule has 0 aliphatic rings. The Balaban J connectivity index is 2.19. The number of nitro benzene ring substituents is 1. The van der Waals surface area contributed by atoms with Crippen LogP contribution in [-0.2, 0) is 0 Å².